The van der Waals surface area contributed by atoms with Crippen LogP contribution in [0.15, 0.2) is 34.2 Å². The Labute approximate surface area is 131 Å². The van der Waals surface area contributed by atoms with Crippen LogP contribution in [0.3, 0.4) is 0 Å². The van der Waals surface area contributed by atoms with E-state index in [0.29, 0.717) is 0 Å². The van der Waals surface area contributed by atoms with E-state index in [1.54, 1.807) is 11.3 Å². The maximum atomic E-state index is 6.07. The number of thiazole rings is 1. The summed E-state index contributed by atoms with van der Waals surface area (Å²) < 4.78 is 1.03. The number of anilines is 2. The Morgan fingerprint density at radius 2 is 2.05 bits per heavy atom. The van der Waals surface area contributed by atoms with Crippen molar-refractivity contribution in [1.82, 2.24) is 9.88 Å². The molecule has 0 aliphatic carbocycles. The molecule has 2 heterocycles. The molecule has 3 rings (SSSR count). The third-order valence-electron chi connectivity index (χ3n) is 3.56. The second kappa shape index (κ2) is 6.11. The van der Waals surface area contributed by atoms with Gasteiger partial charge < -0.3 is 10.6 Å². The summed E-state index contributed by atoms with van der Waals surface area (Å²) in [5.74, 6) is 0. The summed E-state index contributed by atoms with van der Waals surface area (Å²) in [5.41, 5.74) is 8.13. The first-order chi connectivity index (χ1) is 9.72. The van der Waals surface area contributed by atoms with Crippen molar-refractivity contribution in [3.05, 3.63) is 39.8 Å². The molecule has 2 aromatic rings. The summed E-state index contributed by atoms with van der Waals surface area (Å²) in [6.07, 6.45) is 1.87. The zero-order valence-electron chi connectivity index (χ0n) is 11.1. The molecule has 1 saturated heterocycles. The summed E-state index contributed by atoms with van der Waals surface area (Å²) in [7, 11) is 0. The Morgan fingerprint density at radius 3 is 2.70 bits per heavy atom. The van der Waals surface area contributed by atoms with Crippen molar-refractivity contribution in [2.75, 3.05) is 36.8 Å². The van der Waals surface area contributed by atoms with Gasteiger partial charge in [0.15, 0.2) is 5.13 Å². The number of nitrogens with zero attached hydrogens (tertiary/aromatic N) is 3. The Balaban J connectivity index is 1.58. The molecule has 6 heteroatoms. The minimum absolute atomic E-state index is 0.863. The average molecular weight is 353 g/mol. The van der Waals surface area contributed by atoms with Gasteiger partial charge in [0.1, 0.15) is 0 Å². The Kier molecular flexibility index (Phi) is 4.24. The topological polar surface area (TPSA) is 45.4 Å². The standard InChI is InChI=1S/C14H17BrN4S/c15-12-2-1-11(13(16)9-12)10-18-4-6-19(7-5-18)14-17-3-8-20-14/h1-3,8-9H,4-7,10,16H2. The van der Waals surface area contributed by atoms with E-state index >= 15 is 0 Å². The molecule has 0 atom stereocenters. The minimum Gasteiger partial charge on any atom is -0.398 e. The molecule has 1 aromatic carbocycles. The van der Waals surface area contributed by atoms with Gasteiger partial charge in [-0.05, 0) is 17.7 Å². The van der Waals surface area contributed by atoms with Crippen LogP contribution in [-0.4, -0.2) is 36.1 Å². The third-order valence-corrected chi connectivity index (χ3v) is 4.89. The molecule has 0 unspecified atom stereocenters. The van der Waals surface area contributed by atoms with Crippen molar-refractivity contribution in [3.8, 4) is 0 Å². The quantitative estimate of drug-likeness (QED) is 0.862. The first-order valence-electron chi connectivity index (χ1n) is 6.63. The third kappa shape index (κ3) is 3.13. The fourth-order valence-corrected chi connectivity index (χ4v) is 3.50. The van der Waals surface area contributed by atoms with Crippen molar-refractivity contribution < 1.29 is 0 Å². The molecule has 1 aliphatic rings. The molecule has 2 N–H and O–H groups in total. The van der Waals surface area contributed by atoms with E-state index in [1.807, 2.05) is 17.6 Å². The lowest BCUT2D eigenvalue weighted by atomic mass is 10.1. The summed E-state index contributed by atoms with van der Waals surface area (Å²) in [5, 5.41) is 3.16. The maximum absolute atomic E-state index is 6.07. The molecule has 20 heavy (non-hydrogen) atoms. The van der Waals surface area contributed by atoms with Crippen LogP contribution in [0.1, 0.15) is 5.56 Å². The highest BCUT2D eigenvalue weighted by Gasteiger charge is 2.19. The smallest absolute Gasteiger partial charge is 0.185 e. The van der Waals surface area contributed by atoms with Crippen LogP contribution in [0.5, 0.6) is 0 Å². The maximum Gasteiger partial charge on any atom is 0.185 e. The molecule has 4 nitrogen and oxygen atoms in total. The highest BCUT2D eigenvalue weighted by atomic mass is 79.9. The first-order valence-corrected chi connectivity index (χ1v) is 8.30. The lowest BCUT2D eigenvalue weighted by Crippen LogP contribution is -2.46. The number of hydrogen-bond acceptors (Lipinski definition) is 5. The Morgan fingerprint density at radius 1 is 1.25 bits per heavy atom. The fourth-order valence-electron chi connectivity index (χ4n) is 2.42. The average Bonchev–Trinajstić information content (AvgIpc) is 2.97. The van der Waals surface area contributed by atoms with Crippen LogP contribution in [0, 0.1) is 0 Å². The molecule has 1 fully saturated rings. The highest BCUT2D eigenvalue weighted by molar-refractivity contribution is 9.10. The second-order valence-electron chi connectivity index (χ2n) is 4.92. The monoisotopic (exact) mass is 352 g/mol. The first kappa shape index (κ1) is 13.9. The summed E-state index contributed by atoms with van der Waals surface area (Å²) in [6.45, 7) is 5.09. The lowest BCUT2D eigenvalue weighted by Gasteiger charge is -2.34. The normalized spacial score (nSPS) is 16.6. The number of halogens is 1. The van der Waals surface area contributed by atoms with Crippen LogP contribution >= 0.6 is 27.3 Å². The van der Waals surface area contributed by atoms with Gasteiger partial charge in [-0.15, -0.1) is 11.3 Å². The van der Waals surface area contributed by atoms with E-state index in [2.05, 4.69) is 42.8 Å². The van der Waals surface area contributed by atoms with Gasteiger partial charge in [0.05, 0.1) is 0 Å². The fraction of sp³-hybridized carbons (Fsp3) is 0.357. The number of nitrogens with two attached hydrogens (primary N) is 1. The molecule has 0 saturated carbocycles. The van der Waals surface area contributed by atoms with Gasteiger partial charge in [0.2, 0.25) is 0 Å². The lowest BCUT2D eigenvalue weighted by molar-refractivity contribution is 0.250. The van der Waals surface area contributed by atoms with E-state index < -0.39 is 0 Å². The molecule has 0 amide bonds. The van der Waals surface area contributed by atoms with Crippen LogP contribution in [-0.2, 0) is 6.54 Å². The van der Waals surface area contributed by atoms with Gasteiger partial charge in [-0.2, -0.15) is 0 Å². The Bertz CT molecular complexity index is 565. The van der Waals surface area contributed by atoms with Crippen molar-refractivity contribution in [2.45, 2.75) is 6.54 Å². The van der Waals surface area contributed by atoms with Crippen molar-refractivity contribution in [3.63, 3.8) is 0 Å². The van der Waals surface area contributed by atoms with Crippen LogP contribution in [0.25, 0.3) is 0 Å². The number of rotatable bonds is 3. The Hall–Kier alpha value is -1.11. The molecule has 106 valence electrons. The van der Waals surface area contributed by atoms with Crippen LogP contribution in [0.4, 0.5) is 10.8 Å². The predicted molar refractivity (Wildman–Crippen MR) is 88.2 cm³/mol. The molecular formula is C14H17BrN4S. The zero-order chi connectivity index (χ0) is 13.9. The van der Waals surface area contributed by atoms with Gasteiger partial charge in [-0.25, -0.2) is 4.98 Å². The van der Waals surface area contributed by atoms with E-state index in [-0.39, 0.29) is 0 Å². The molecule has 0 spiro atoms. The summed E-state index contributed by atoms with van der Waals surface area (Å²) >= 11 is 5.16. The number of hydrogen-bond donors (Lipinski definition) is 1. The minimum atomic E-state index is 0.863. The SMILES string of the molecule is Nc1cc(Br)ccc1CN1CCN(c2nccs2)CC1. The highest BCUT2D eigenvalue weighted by Crippen LogP contribution is 2.22. The molecule has 0 bridgehead atoms. The van der Waals surface area contributed by atoms with Gasteiger partial charge in [0.25, 0.3) is 0 Å². The van der Waals surface area contributed by atoms with Gasteiger partial charge in [0, 0.05) is 54.5 Å². The van der Waals surface area contributed by atoms with Crippen LogP contribution < -0.4 is 10.6 Å². The summed E-state index contributed by atoms with van der Waals surface area (Å²) in [6, 6.07) is 6.13. The van der Waals surface area contributed by atoms with E-state index in [1.165, 1.54) is 5.56 Å². The van der Waals surface area contributed by atoms with Gasteiger partial charge in [-0.3, -0.25) is 4.90 Å². The number of benzene rings is 1. The second-order valence-corrected chi connectivity index (χ2v) is 6.71. The van der Waals surface area contributed by atoms with E-state index in [9.17, 15) is 0 Å². The van der Waals surface area contributed by atoms with E-state index in [4.69, 9.17) is 5.73 Å². The number of aromatic nitrogens is 1. The van der Waals surface area contributed by atoms with Crippen molar-refractivity contribution >= 4 is 38.1 Å². The summed E-state index contributed by atoms with van der Waals surface area (Å²) in [4.78, 5) is 9.17. The van der Waals surface area contributed by atoms with Crippen LogP contribution in [0.2, 0.25) is 0 Å². The molecule has 0 radical (unpaired) electrons. The van der Waals surface area contributed by atoms with E-state index in [0.717, 1.165) is 48.0 Å². The van der Waals surface area contributed by atoms with Crippen molar-refractivity contribution in [1.29, 1.82) is 0 Å². The molecule has 1 aromatic heterocycles. The largest absolute Gasteiger partial charge is 0.398 e. The zero-order valence-corrected chi connectivity index (χ0v) is 13.5. The number of piperazine rings is 1. The predicted octanol–water partition coefficient (Wildman–Crippen LogP) is 2.81. The molecule has 1 aliphatic heterocycles. The number of nitrogen functional groups attached to an aromatic ring is 1. The van der Waals surface area contributed by atoms with Crippen molar-refractivity contribution in [2.24, 2.45) is 0 Å². The van der Waals surface area contributed by atoms with Gasteiger partial charge >= 0.3 is 0 Å². The van der Waals surface area contributed by atoms with Gasteiger partial charge in [-0.1, -0.05) is 22.0 Å². The molecular weight excluding hydrogens is 336 g/mol.